The highest BCUT2D eigenvalue weighted by Gasteiger charge is 2.29. The number of aryl methyl sites for hydroxylation is 2. The molecule has 1 N–H and O–H groups in total. The molecule has 3 aromatic carbocycles. The summed E-state index contributed by atoms with van der Waals surface area (Å²) in [4.78, 5) is 12.9. The van der Waals surface area contributed by atoms with Crippen LogP contribution in [0.1, 0.15) is 16.7 Å². The number of nitrogens with zero attached hydrogens (tertiary/aromatic N) is 1. The molecule has 6 nitrogen and oxygen atoms in total. The van der Waals surface area contributed by atoms with Gasteiger partial charge in [-0.1, -0.05) is 54.1 Å². The van der Waals surface area contributed by atoms with Crippen molar-refractivity contribution in [3.63, 3.8) is 0 Å². The summed E-state index contributed by atoms with van der Waals surface area (Å²) in [7, 11) is -2.59. The molecule has 3 aromatic rings. The standard InChI is InChI=1S/C25H27ClN2O4S/c1-18-9-12-23(32-3)24(15-18)33(30,31)28(14-13-20-7-5-4-6-8-20)17-25(29)27-21-11-10-19(2)22(26)16-21/h4-12,15-16H,13-14,17H2,1-3H3,(H,27,29). The van der Waals surface area contributed by atoms with Crippen molar-refractivity contribution in [2.75, 3.05) is 25.5 Å². The average molecular weight is 487 g/mol. The number of carbonyl (C=O) groups excluding carboxylic acids is 1. The van der Waals surface area contributed by atoms with Gasteiger partial charge in [0.05, 0.1) is 13.7 Å². The van der Waals surface area contributed by atoms with Gasteiger partial charge in [-0.25, -0.2) is 8.42 Å². The minimum Gasteiger partial charge on any atom is -0.495 e. The molecule has 174 valence electrons. The highest BCUT2D eigenvalue weighted by atomic mass is 35.5. The number of sulfonamides is 1. The van der Waals surface area contributed by atoms with E-state index in [0.29, 0.717) is 17.1 Å². The van der Waals surface area contributed by atoms with Crippen molar-refractivity contribution in [3.8, 4) is 5.75 Å². The van der Waals surface area contributed by atoms with E-state index in [0.717, 1.165) is 16.7 Å². The highest BCUT2D eigenvalue weighted by Crippen LogP contribution is 2.28. The number of amides is 1. The Hall–Kier alpha value is -2.87. The van der Waals surface area contributed by atoms with Crippen molar-refractivity contribution >= 4 is 33.2 Å². The Kier molecular flexibility index (Phi) is 8.13. The summed E-state index contributed by atoms with van der Waals surface area (Å²) < 4.78 is 33.7. The molecular formula is C25H27ClN2O4S. The van der Waals surface area contributed by atoms with Gasteiger partial charge in [0.2, 0.25) is 15.9 Å². The van der Waals surface area contributed by atoms with Crippen molar-refractivity contribution < 1.29 is 17.9 Å². The van der Waals surface area contributed by atoms with Gasteiger partial charge in [-0.05, 0) is 61.2 Å². The Morgan fingerprint density at radius 3 is 2.42 bits per heavy atom. The number of nitrogens with one attached hydrogen (secondary N) is 1. The van der Waals surface area contributed by atoms with Crippen LogP contribution in [0.3, 0.4) is 0 Å². The van der Waals surface area contributed by atoms with Crippen LogP contribution in [0.15, 0.2) is 71.6 Å². The van der Waals surface area contributed by atoms with E-state index in [2.05, 4.69) is 5.32 Å². The van der Waals surface area contributed by atoms with Crippen LogP contribution < -0.4 is 10.1 Å². The highest BCUT2D eigenvalue weighted by molar-refractivity contribution is 7.89. The number of hydrogen-bond donors (Lipinski definition) is 1. The summed E-state index contributed by atoms with van der Waals surface area (Å²) in [6.07, 6.45) is 0.456. The average Bonchev–Trinajstić information content (AvgIpc) is 2.79. The number of carbonyl (C=O) groups is 1. The molecule has 0 bridgehead atoms. The summed E-state index contributed by atoms with van der Waals surface area (Å²) in [5, 5.41) is 3.26. The smallest absolute Gasteiger partial charge is 0.247 e. The third-order valence-electron chi connectivity index (χ3n) is 5.21. The van der Waals surface area contributed by atoms with E-state index < -0.39 is 15.9 Å². The van der Waals surface area contributed by atoms with Crippen LogP contribution in [0.2, 0.25) is 5.02 Å². The Bertz CT molecular complexity index is 1230. The Labute approximate surface area is 200 Å². The third-order valence-corrected chi connectivity index (χ3v) is 7.48. The molecule has 1 amide bonds. The van der Waals surface area contributed by atoms with Crippen LogP contribution in [0.5, 0.6) is 5.75 Å². The summed E-state index contributed by atoms with van der Waals surface area (Å²) in [6, 6.07) is 19.6. The molecule has 0 spiro atoms. The molecule has 0 atom stereocenters. The third kappa shape index (κ3) is 6.35. The summed E-state index contributed by atoms with van der Waals surface area (Å²) >= 11 is 6.15. The molecule has 0 fully saturated rings. The quantitative estimate of drug-likeness (QED) is 0.469. The van der Waals surface area contributed by atoms with Gasteiger partial charge < -0.3 is 10.1 Å². The lowest BCUT2D eigenvalue weighted by atomic mass is 10.1. The molecule has 0 radical (unpaired) electrons. The van der Waals surface area contributed by atoms with Gasteiger partial charge in [0.25, 0.3) is 0 Å². The lowest BCUT2D eigenvalue weighted by Gasteiger charge is -2.23. The fourth-order valence-electron chi connectivity index (χ4n) is 3.34. The first kappa shape index (κ1) is 24.8. The fourth-order valence-corrected chi connectivity index (χ4v) is 5.16. The van der Waals surface area contributed by atoms with E-state index in [1.54, 1.807) is 43.3 Å². The number of methoxy groups -OCH3 is 1. The monoisotopic (exact) mass is 486 g/mol. The van der Waals surface area contributed by atoms with Gasteiger partial charge in [0.1, 0.15) is 10.6 Å². The normalized spacial score (nSPS) is 11.4. The Morgan fingerprint density at radius 1 is 1.03 bits per heavy atom. The van der Waals surface area contributed by atoms with Crippen molar-refractivity contribution in [2.45, 2.75) is 25.2 Å². The molecule has 33 heavy (non-hydrogen) atoms. The first-order chi connectivity index (χ1) is 15.7. The molecular weight excluding hydrogens is 460 g/mol. The van der Waals surface area contributed by atoms with E-state index in [1.165, 1.54) is 11.4 Å². The molecule has 0 aliphatic heterocycles. The molecule has 0 aliphatic rings. The second kappa shape index (κ2) is 10.8. The number of anilines is 1. The zero-order valence-corrected chi connectivity index (χ0v) is 20.4. The second-order valence-electron chi connectivity index (χ2n) is 7.74. The summed E-state index contributed by atoms with van der Waals surface area (Å²) in [5.74, 6) is -0.228. The molecule has 0 unspecified atom stereocenters. The lowest BCUT2D eigenvalue weighted by Crippen LogP contribution is -2.39. The fraction of sp³-hybridized carbons (Fsp3) is 0.240. The van der Waals surface area contributed by atoms with Crippen molar-refractivity contribution in [1.82, 2.24) is 4.31 Å². The van der Waals surface area contributed by atoms with Gasteiger partial charge in [0.15, 0.2) is 0 Å². The zero-order chi connectivity index (χ0) is 24.0. The number of hydrogen-bond acceptors (Lipinski definition) is 4. The molecule has 3 rings (SSSR count). The number of benzene rings is 3. The number of ether oxygens (including phenoxy) is 1. The predicted molar refractivity (Wildman–Crippen MR) is 131 cm³/mol. The first-order valence-corrected chi connectivity index (χ1v) is 12.3. The van der Waals surface area contributed by atoms with E-state index in [1.807, 2.05) is 37.3 Å². The minimum absolute atomic E-state index is 0.0317. The van der Waals surface area contributed by atoms with Gasteiger partial charge in [-0.15, -0.1) is 0 Å². The van der Waals surface area contributed by atoms with Crippen LogP contribution in [0.4, 0.5) is 5.69 Å². The van der Waals surface area contributed by atoms with Gasteiger partial charge in [0, 0.05) is 17.3 Å². The molecule has 0 saturated carbocycles. The van der Waals surface area contributed by atoms with Crippen molar-refractivity contribution in [3.05, 3.63) is 88.4 Å². The topological polar surface area (TPSA) is 75.7 Å². The maximum Gasteiger partial charge on any atom is 0.247 e. The molecule has 0 heterocycles. The van der Waals surface area contributed by atoms with E-state index in [9.17, 15) is 13.2 Å². The molecule has 0 saturated heterocycles. The predicted octanol–water partition coefficient (Wildman–Crippen LogP) is 4.84. The summed E-state index contributed by atoms with van der Waals surface area (Å²) in [5.41, 5.74) is 3.13. The molecule has 0 aliphatic carbocycles. The van der Waals surface area contributed by atoms with Crippen LogP contribution in [-0.2, 0) is 21.2 Å². The van der Waals surface area contributed by atoms with Crippen LogP contribution in [0, 0.1) is 13.8 Å². The molecule has 8 heteroatoms. The van der Waals surface area contributed by atoms with E-state index in [4.69, 9.17) is 16.3 Å². The van der Waals surface area contributed by atoms with Crippen LogP contribution in [-0.4, -0.2) is 38.8 Å². The van der Waals surface area contributed by atoms with Gasteiger partial charge in [-0.3, -0.25) is 4.79 Å². The SMILES string of the molecule is COc1ccc(C)cc1S(=O)(=O)N(CCc1ccccc1)CC(=O)Nc1ccc(C)c(Cl)c1. The molecule has 0 aromatic heterocycles. The maximum atomic E-state index is 13.6. The number of rotatable bonds is 9. The van der Waals surface area contributed by atoms with Crippen LogP contribution >= 0.6 is 11.6 Å². The van der Waals surface area contributed by atoms with Gasteiger partial charge >= 0.3 is 0 Å². The van der Waals surface area contributed by atoms with Crippen molar-refractivity contribution in [1.29, 1.82) is 0 Å². The van der Waals surface area contributed by atoms with Gasteiger partial charge in [-0.2, -0.15) is 4.31 Å². The van der Waals surface area contributed by atoms with Crippen LogP contribution in [0.25, 0.3) is 0 Å². The minimum atomic E-state index is -4.02. The maximum absolute atomic E-state index is 13.6. The summed E-state index contributed by atoms with van der Waals surface area (Å²) in [6.45, 7) is 3.45. The van der Waals surface area contributed by atoms with E-state index >= 15 is 0 Å². The Balaban J connectivity index is 1.89. The Morgan fingerprint density at radius 2 is 1.76 bits per heavy atom. The van der Waals surface area contributed by atoms with E-state index in [-0.39, 0.29) is 23.7 Å². The lowest BCUT2D eigenvalue weighted by molar-refractivity contribution is -0.116. The largest absolute Gasteiger partial charge is 0.495 e. The first-order valence-electron chi connectivity index (χ1n) is 10.5. The van der Waals surface area contributed by atoms with Crippen molar-refractivity contribution in [2.24, 2.45) is 0 Å². The number of halogens is 1. The zero-order valence-electron chi connectivity index (χ0n) is 18.8. The second-order valence-corrected chi connectivity index (χ2v) is 10.1.